The van der Waals surface area contributed by atoms with Gasteiger partial charge in [0.2, 0.25) is 10.0 Å². The van der Waals surface area contributed by atoms with Crippen LogP contribution in [-0.4, -0.2) is 26.5 Å². The highest BCUT2D eigenvalue weighted by molar-refractivity contribution is 7.99. The molecule has 0 aromatic heterocycles. The van der Waals surface area contributed by atoms with E-state index in [-0.39, 0.29) is 4.90 Å². The Balaban J connectivity index is 2.07. The van der Waals surface area contributed by atoms with E-state index >= 15 is 0 Å². The molecule has 1 N–H and O–H groups in total. The number of hydrogen-bond donors (Lipinski definition) is 1. The Bertz CT molecular complexity index is 558. The average Bonchev–Trinajstić information content (AvgIpc) is 2.90. The maximum atomic E-state index is 12.0. The summed E-state index contributed by atoms with van der Waals surface area (Å²) in [6.45, 7) is 0.478. The Morgan fingerprint density at radius 3 is 3.00 bits per heavy atom. The Kier molecular flexibility index (Phi) is 4.27. The molecule has 1 atom stereocenters. The molecular weight excluding hydrogens is 268 g/mol. The summed E-state index contributed by atoms with van der Waals surface area (Å²) in [5.74, 6) is 2.54. The minimum Gasteiger partial charge on any atom is -0.211 e. The van der Waals surface area contributed by atoms with Gasteiger partial charge in [-0.1, -0.05) is 6.07 Å². The van der Waals surface area contributed by atoms with Crippen LogP contribution in [0.15, 0.2) is 29.2 Å². The van der Waals surface area contributed by atoms with Crippen molar-refractivity contribution in [2.75, 3.05) is 18.1 Å². The van der Waals surface area contributed by atoms with E-state index in [1.165, 1.54) is 12.1 Å². The summed E-state index contributed by atoms with van der Waals surface area (Å²) in [5, 5.41) is 8.76. The molecule has 1 aromatic rings. The maximum Gasteiger partial charge on any atom is 0.240 e. The number of sulfonamides is 1. The first kappa shape index (κ1) is 13.4. The molecule has 0 bridgehead atoms. The zero-order chi connectivity index (χ0) is 13.0. The summed E-state index contributed by atoms with van der Waals surface area (Å²) >= 11 is 1.86. The molecular formula is C12H14N2O2S2. The van der Waals surface area contributed by atoms with Crippen molar-refractivity contribution in [3.8, 4) is 6.07 Å². The first-order valence-electron chi connectivity index (χ1n) is 5.69. The van der Waals surface area contributed by atoms with Crippen LogP contribution in [0.2, 0.25) is 0 Å². The molecule has 96 valence electrons. The standard InChI is InChI=1S/C12H14N2O2S2/c13-7-10-2-1-3-12(6-10)18(15,16)14-8-11-4-5-17-9-11/h1-3,6,11,14H,4-5,8-9H2. The maximum absolute atomic E-state index is 12.0. The molecule has 4 nitrogen and oxygen atoms in total. The van der Waals surface area contributed by atoms with E-state index < -0.39 is 10.0 Å². The van der Waals surface area contributed by atoms with Gasteiger partial charge in [-0.15, -0.1) is 0 Å². The van der Waals surface area contributed by atoms with Crippen molar-refractivity contribution >= 4 is 21.8 Å². The normalized spacial score (nSPS) is 19.6. The van der Waals surface area contributed by atoms with Gasteiger partial charge in [0, 0.05) is 6.54 Å². The molecule has 0 amide bonds. The molecule has 0 saturated carbocycles. The van der Waals surface area contributed by atoms with Gasteiger partial charge in [0.15, 0.2) is 0 Å². The fourth-order valence-corrected chi connectivity index (χ4v) is 4.23. The monoisotopic (exact) mass is 282 g/mol. The lowest BCUT2D eigenvalue weighted by atomic mass is 10.1. The van der Waals surface area contributed by atoms with E-state index in [0.29, 0.717) is 18.0 Å². The summed E-state index contributed by atoms with van der Waals surface area (Å²) in [7, 11) is -3.49. The molecule has 1 unspecified atom stereocenters. The zero-order valence-corrected chi connectivity index (χ0v) is 11.4. The van der Waals surface area contributed by atoms with Gasteiger partial charge in [0.05, 0.1) is 16.5 Å². The number of nitrogens with one attached hydrogen (secondary N) is 1. The Morgan fingerprint density at radius 2 is 2.33 bits per heavy atom. The first-order chi connectivity index (χ1) is 8.62. The lowest BCUT2D eigenvalue weighted by molar-refractivity contribution is 0.546. The summed E-state index contributed by atoms with van der Waals surface area (Å²) in [6, 6.07) is 8.01. The number of rotatable bonds is 4. The molecule has 18 heavy (non-hydrogen) atoms. The topological polar surface area (TPSA) is 70.0 Å². The zero-order valence-electron chi connectivity index (χ0n) is 9.80. The Labute approximate surface area is 111 Å². The molecule has 1 heterocycles. The van der Waals surface area contributed by atoms with Crippen molar-refractivity contribution in [2.24, 2.45) is 5.92 Å². The van der Waals surface area contributed by atoms with Gasteiger partial charge in [-0.05, 0) is 42.0 Å². The third-order valence-corrected chi connectivity index (χ3v) is 5.51. The second-order valence-electron chi connectivity index (χ2n) is 4.22. The second kappa shape index (κ2) is 5.74. The van der Waals surface area contributed by atoms with Gasteiger partial charge >= 0.3 is 0 Å². The van der Waals surface area contributed by atoms with Gasteiger partial charge < -0.3 is 0 Å². The van der Waals surface area contributed by atoms with Crippen LogP contribution in [0, 0.1) is 17.2 Å². The summed E-state index contributed by atoms with van der Waals surface area (Å²) in [6.07, 6.45) is 1.06. The molecule has 0 aliphatic carbocycles. The van der Waals surface area contributed by atoms with E-state index in [1.54, 1.807) is 12.1 Å². The van der Waals surface area contributed by atoms with Gasteiger partial charge in [-0.25, -0.2) is 13.1 Å². The summed E-state index contributed by atoms with van der Waals surface area (Å²) in [5.41, 5.74) is 0.356. The van der Waals surface area contributed by atoms with E-state index in [9.17, 15) is 8.42 Å². The number of nitrogens with zero attached hydrogens (tertiary/aromatic N) is 1. The van der Waals surface area contributed by atoms with Gasteiger partial charge in [-0.3, -0.25) is 0 Å². The molecule has 2 rings (SSSR count). The molecule has 1 saturated heterocycles. The van der Waals surface area contributed by atoms with Crippen LogP contribution in [0.25, 0.3) is 0 Å². The van der Waals surface area contributed by atoms with Crippen molar-refractivity contribution in [3.63, 3.8) is 0 Å². The molecule has 1 aliphatic heterocycles. The van der Waals surface area contributed by atoms with Crippen molar-refractivity contribution in [2.45, 2.75) is 11.3 Å². The van der Waals surface area contributed by atoms with E-state index in [0.717, 1.165) is 17.9 Å². The molecule has 6 heteroatoms. The number of thioether (sulfide) groups is 1. The molecule has 0 spiro atoms. The van der Waals surface area contributed by atoms with E-state index in [2.05, 4.69) is 4.72 Å². The van der Waals surface area contributed by atoms with Crippen LogP contribution in [-0.2, 0) is 10.0 Å². The third kappa shape index (κ3) is 3.25. The number of benzene rings is 1. The lowest BCUT2D eigenvalue weighted by Crippen LogP contribution is -2.29. The lowest BCUT2D eigenvalue weighted by Gasteiger charge is -2.10. The van der Waals surface area contributed by atoms with Crippen molar-refractivity contribution < 1.29 is 8.42 Å². The van der Waals surface area contributed by atoms with Crippen molar-refractivity contribution in [3.05, 3.63) is 29.8 Å². The summed E-state index contributed by atoms with van der Waals surface area (Å²) < 4.78 is 26.7. The SMILES string of the molecule is N#Cc1cccc(S(=O)(=O)NCC2CCSC2)c1. The van der Waals surface area contributed by atoms with E-state index in [4.69, 9.17) is 5.26 Å². The minimum absolute atomic E-state index is 0.159. The van der Waals surface area contributed by atoms with Crippen LogP contribution < -0.4 is 4.72 Å². The van der Waals surface area contributed by atoms with Crippen LogP contribution in [0.3, 0.4) is 0 Å². The van der Waals surface area contributed by atoms with Crippen LogP contribution in [0.1, 0.15) is 12.0 Å². The average molecular weight is 282 g/mol. The fraction of sp³-hybridized carbons (Fsp3) is 0.417. The first-order valence-corrected chi connectivity index (χ1v) is 8.33. The van der Waals surface area contributed by atoms with Crippen LogP contribution in [0.4, 0.5) is 0 Å². The molecule has 1 aliphatic rings. The van der Waals surface area contributed by atoms with E-state index in [1.807, 2.05) is 17.8 Å². The minimum atomic E-state index is -3.49. The quantitative estimate of drug-likeness (QED) is 0.910. The predicted molar refractivity (Wildman–Crippen MR) is 71.8 cm³/mol. The highest BCUT2D eigenvalue weighted by Gasteiger charge is 2.20. The van der Waals surface area contributed by atoms with Crippen molar-refractivity contribution in [1.82, 2.24) is 4.72 Å². The fourth-order valence-electron chi connectivity index (χ4n) is 1.79. The molecule has 0 radical (unpaired) electrons. The highest BCUT2D eigenvalue weighted by atomic mass is 32.2. The molecule has 1 fully saturated rings. The Hall–Kier alpha value is -1.03. The third-order valence-electron chi connectivity index (χ3n) is 2.86. The van der Waals surface area contributed by atoms with Crippen molar-refractivity contribution in [1.29, 1.82) is 5.26 Å². The Morgan fingerprint density at radius 1 is 1.50 bits per heavy atom. The second-order valence-corrected chi connectivity index (χ2v) is 7.14. The van der Waals surface area contributed by atoms with Crippen LogP contribution >= 0.6 is 11.8 Å². The predicted octanol–water partition coefficient (Wildman–Crippen LogP) is 1.59. The van der Waals surface area contributed by atoms with Crippen LogP contribution in [0.5, 0.6) is 0 Å². The van der Waals surface area contributed by atoms with Gasteiger partial charge in [0.25, 0.3) is 0 Å². The smallest absolute Gasteiger partial charge is 0.211 e. The summed E-state index contributed by atoms with van der Waals surface area (Å²) in [4.78, 5) is 0.159. The number of hydrogen-bond acceptors (Lipinski definition) is 4. The number of nitriles is 1. The van der Waals surface area contributed by atoms with Gasteiger partial charge in [-0.2, -0.15) is 17.0 Å². The molecule has 1 aromatic carbocycles. The van der Waals surface area contributed by atoms with Gasteiger partial charge in [0.1, 0.15) is 0 Å². The highest BCUT2D eigenvalue weighted by Crippen LogP contribution is 2.23. The largest absolute Gasteiger partial charge is 0.240 e.